The Morgan fingerprint density at radius 3 is 1.58 bits per heavy atom. The summed E-state index contributed by atoms with van der Waals surface area (Å²) in [6.45, 7) is 1.30. The van der Waals surface area contributed by atoms with Crippen molar-refractivity contribution in [2.24, 2.45) is 0 Å². The Labute approximate surface area is 145 Å². The minimum absolute atomic E-state index is 0.103. The summed E-state index contributed by atoms with van der Waals surface area (Å²) in [6.07, 6.45) is 9.87. The molecular formula is C19H33F3O2. The van der Waals surface area contributed by atoms with Gasteiger partial charge in [0.05, 0.1) is 13.2 Å². The molecule has 2 nitrogen and oxygen atoms in total. The van der Waals surface area contributed by atoms with Crippen LogP contribution in [0.15, 0.2) is 0 Å². The van der Waals surface area contributed by atoms with E-state index in [1.807, 2.05) is 0 Å². The molecule has 0 bridgehead atoms. The molecule has 0 saturated carbocycles. The van der Waals surface area contributed by atoms with Gasteiger partial charge in [0.25, 0.3) is 0 Å². The zero-order chi connectivity index (χ0) is 17.9. The Morgan fingerprint density at radius 2 is 1.12 bits per heavy atom. The van der Waals surface area contributed by atoms with Gasteiger partial charge in [-0.05, 0) is 12.8 Å². The number of ether oxygens (including phenoxy) is 1. The van der Waals surface area contributed by atoms with Crippen LogP contribution in [0.3, 0.4) is 0 Å². The van der Waals surface area contributed by atoms with Crippen molar-refractivity contribution in [2.75, 3.05) is 19.8 Å². The van der Waals surface area contributed by atoms with Crippen molar-refractivity contribution < 1.29 is 23.0 Å². The minimum Gasteiger partial charge on any atom is -0.394 e. The van der Waals surface area contributed by atoms with Gasteiger partial charge in [0.1, 0.15) is 0 Å². The Bertz CT molecular complexity index is 319. The Morgan fingerprint density at radius 1 is 0.667 bits per heavy atom. The van der Waals surface area contributed by atoms with E-state index in [0.717, 1.165) is 32.3 Å². The van der Waals surface area contributed by atoms with Crippen molar-refractivity contribution >= 4 is 0 Å². The van der Waals surface area contributed by atoms with E-state index in [4.69, 9.17) is 9.84 Å². The fourth-order valence-electron chi connectivity index (χ4n) is 2.51. The summed E-state index contributed by atoms with van der Waals surface area (Å²) in [7, 11) is 0. The molecule has 0 aromatic rings. The smallest absolute Gasteiger partial charge is 0.394 e. The monoisotopic (exact) mass is 350 g/mol. The summed E-state index contributed by atoms with van der Waals surface area (Å²) in [5.74, 6) is 3.49. The summed E-state index contributed by atoms with van der Waals surface area (Å²) < 4.78 is 40.5. The summed E-state index contributed by atoms with van der Waals surface area (Å²) in [5, 5.41) is 8.55. The first-order valence-electron chi connectivity index (χ1n) is 9.31. The molecule has 1 N–H and O–H groups in total. The molecular weight excluding hydrogens is 317 g/mol. The van der Waals surface area contributed by atoms with Crippen LogP contribution in [0, 0.1) is 11.8 Å². The number of hydrogen-bond donors (Lipinski definition) is 1. The van der Waals surface area contributed by atoms with E-state index in [1.165, 1.54) is 57.3 Å². The molecule has 0 amide bonds. The highest BCUT2D eigenvalue weighted by molar-refractivity contribution is 5.04. The van der Waals surface area contributed by atoms with Crippen LogP contribution in [0.1, 0.15) is 83.5 Å². The quantitative estimate of drug-likeness (QED) is 0.289. The van der Waals surface area contributed by atoms with Crippen molar-refractivity contribution in [2.45, 2.75) is 89.6 Å². The van der Waals surface area contributed by atoms with Gasteiger partial charge in [0, 0.05) is 18.9 Å². The molecule has 0 atom stereocenters. The fraction of sp³-hybridized carbons (Fsp3) is 0.895. The summed E-state index contributed by atoms with van der Waals surface area (Å²) in [4.78, 5) is 0. The van der Waals surface area contributed by atoms with Crippen LogP contribution in [0.25, 0.3) is 0 Å². The van der Waals surface area contributed by atoms with E-state index in [1.54, 1.807) is 0 Å². The van der Waals surface area contributed by atoms with E-state index < -0.39 is 6.18 Å². The number of unbranched alkanes of at least 4 members (excludes halogenated alkanes) is 12. The van der Waals surface area contributed by atoms with Crippen molar-refractivity contribution in [1.29, 1.82) is 0 Å². The molecule has 0 heterocycles. The summed E-state index contributed by atoms with van der Waals surface area (Å²) in [6, 6.07) is 0. The molecule has 0 fully saturated rings. The van der Waals surface area contributed by atoms with Gasteiger partial charge in [-0.3, -0.25) is 0 Å². The van der Waals surface area contributed by atoms with Gasteiger partial charge in [0.15, 0.2) is 0 Å². The summed E-state index contributed by atoms with van der Waals surface area (Å²) in [5.41, 5.74) is 0. The lowest BCUT2D eigenvalue weighted by Gasteiger charge is -2.03. The molecule has 0 aromatic carbocycles. The molecule has 0 aliphatic rings. The molecule has 142 valence electrons. The van der Waals surface area contributed by atoms with Gasteiger partial charge < -0.3 is 9.84 Å². The molecule has 0 spiro atoms. The first-order chi connectivity index (χ1) is 11.6. The molecule has 0 aliphatic carbocycles. The maximum absolute atomic E-state index is 11.8. The van der Waals surface area contributed by atoms with Gasteiger partial charge in [-0.2, -0.15) is 13.2 Å². The maximum atomic E-state index is 11.8. The Balaban J connectivity index is 3.09. The molecule has 0 rings (SSSR count). The van der Waals surface area contributed by atoms with Crippen molar-refractivity contribution in [3.8, 4) is 11.8 Å². The third-order valence-electron chi connectivity index (χ3n) is 3.81. The number of alkyl halides is 3. The molecule has 24 heavy (non-hydrogen) atoms. The van der Waals surface area contributed by atoms with Crippen LogP contribution in [-0.2, 0) is 4.74 Å². The molecule has 0 unspecified atom stereocenters. The molecule has 5 heteroatoms. The zero-order valence-electron chi connectivity index (χ0n) is 14.8. The van der Waals surface area contributed by atoms with E-state index in [9.17, 15) is 13.2 Å². The third-order valence-corrected chi connectivity index (χ3v) is 3.81. The Hall–Kier alpha value is -0.730. The van der Waals surface area contributed by atoms with Crippen molar-refractivity contribution in [1.82, 2.24) is 0 Å². The maximum Gasteiger partial charge on any atom is 0.457 e. The Kier molecular flexibility index (Phi) is 16.6. The van der Waals surface area contributed by atoms with Gasteiger partial charge in [0.2, 0.25) is 0 Å². The van der Waals surface area contributed by atoms with Crippen LogP contribution in [-0.4, -0.2) is 31.1 Å². The summed E-state index contributed by atoms with van der Waals surface area (Å²) >= 11 is 0. The number of aliphatic hydroxyl groups is 1. The van der Waals surface area contributed by atoms with Gasteiger partial charge >= 0.3 is 6.18 Å². The first kappa shape index (κ1) is 23.3. The minimum atomic E-state index is -4.34. The van der Waals surface area contributed by atoms with Crippen LogP contribution in [0.4, 0.5) is 13.2 Å². The zero-order valence-corrected chi connectivity index (χ0v) is 14.8. The lowest BCUT2D eigenvalue weighted by atomic mass is 10.0. The standard InChI is InChI=1S/C19H33F3O2/c20-19(21,22)15-13-11-9-7-5-3-1-2-4-6-8-10-12-14-17-24-18-16-23/h23H,1-12,14,16-18H2. The largest absolute Gasteiger partial charge is 0.457 e. The number of aliphatic hydroxyl groups excluding tert-OH is 1. The predicted octanol–water partition coefficient (Wildman–Crippen LogP) is 5.63. The highest BCUT2D eigenvalue weighted by Gasteiger charge is 2.22. The number of hydrogen-bond acceptors (Lipinski definition) is 2. The fourth-order valence-corrected chi connectivity index (χ4v) is 2.51. The number of halogens is 3. The highest BCUT2D eigenvalue weighted by atomic mass is 19.4. The van der Waals surface area contributed by atoms with Crippen LogP contribution in [0.5, 0.6) is 0 Å². The van der Waals surface area contributed by atoms with Crippen molar-refractivity contribution in [3.63, 3.8) is 0 Å². The topological polar surface area (TPSA) is 29.5 Å². The first-order valence-corrected chi connectivity index (χ1v) is 9.31. The molecule has 0 aliphatic heterocycles. The van der Waals surface area contributed by atoms with Crippen LogP contribution in [0.2, 0.25) is 0 Å². The average Bonchev–Trinajstić information content (AvgIpc) is 2.52. The van der Waals surface area contributed by atoms with Gasteiger partial charge in [-0.25, -0.2) is 0 Å². The van der Waals surface area contributed by atoms with E-state index in [-0.39, 0.29) is 6.61 Å². The van der Waals surface area contributed by atoms with E-state index >= 15 is 0 Å². The van der Waals surface area contributed by atoms with E-state index in [0.29, 0.717) is 13.0 Å². The SMILES string of the molecule is OCCOCCCCCCCCCCCCCCC#CC(F)(F)F. The second-order valence-corrected chi connectivity index (χ2v) is 6.13. The average molecular weight is 350 g/mol. The number of rotatable bonds is 16. The van der Waals surface area contributed by atoms with Gasteiger partial charge in [-0.15, -0.1) is 0 Å². The van der Waals surface area contributed by atoms with E-state index in [2.05, 4.69) is 5.92 Å². The molecule has 0 saturated heterocycles. The predicted molar refractivity (Wildman–Crippen MR) is 91.8 cm³/mol. The van der Waals surface area contributed by atoms with Crippen molar-refractivity contribution in [3.05, 3.63) is 0 Å². The second kappa shape index (κ2) is 17.1. The second-order valence-electron chi connectivity index (χ2n) is 6.13. The van der Waals surface area contributed by atoms with Crippen LogP contribution >= 0.6 is 0 Å². The normalized spacial score (nSPS) is 11.3. The lowest BCUT2D eigenvalue weighted by Crippen LogP contribution is -2.01. The van der Waals surface area contributed by atoms with Gasteiger partial charge in [-0.1, -0.05) is 70.1 Å². The molecule has 0 aromatic heterocycles. The third kappa shape index (κ3) is 21.3. The van der Waals surface area contributed by atoms with Crippen LogP contribution < -0.4 is 0 Å². The highest BCUT2D eigenvalue weighted by Crippen LogP contribution is 2.14. The lowest BCUT2D eigenvalue weighted by molar-refractivity contribution is -0.0697. The molecule has 0 radical (unpaired) electrons.